The molecule has 0 bridgehead atoms. The van der Waals surface area contributed by atoms with Gasteiger partial charge in [0.05, 0.1) is 72.7 Å². The summed E-state index contributed by atoms with van der Waals surface area (Å²) in [5.74, 6) is 0.777. The molecule has 0 fully saturated rings. The molecule has 0 atom stereocenters. The van der Waals surface area contributed by atoms with E-state index in [2.05, 4.69) is 81.4 Å². The Balaban J connectivity index is 1.18. The zero-order valence-electron chi connectivity index (χ0n) is 26.0. The first-order valence-electron chi connectivity index (χ1n) is 15.1. The van der Waals surface area contributed by atoms with Gasteiger partial charge in [-0.15, -0.1) is 0 Å². The lowest BCUT2D eigenvalue weighted by molar-refractivity contribution is -0.0143. The zero-order chi connectivity index (χ0) is 30.6. The molecule has 3 aromatic carbocycles. The third-order valence-corrected chi connectivity index (χ3v) is 11.9. The van der Waals surface area contributed by atoms with Crippen LogP contribution < -0.4 is 20.8 Å². The highest BCUT2D eigenvalue weighted by Crippen LogP contribution is 2.36. The van der Waals surface area contributed by atoms with E-state index in [4.69, 9.17) is 38.6 Å². The normalized spacial score (nSPS) is 12.0. The lowest BCUT2D eigenvalue weighted by atomic mass is 10.2. The van der Waals surface area contributed by atoms with Crippen LogP contribution in [-0.4, -0.2) is 87.6 Å². The lowest BCUT2D eigenvalue weighted by Crippen LogP contribution is -2.66. The number of anilines is 1. The second-order valence-corrected chi connectivity index (χ2v) is 15.3. The Bertz CT molecular complexity index is 1070. The van der Waals surface area contributed by atoms with Gasteiger partial charge in [-0.25, -0.2) is 0 Å². The van der Waals surface area contributed by atoms with Gasteiger partial charge in [-0.3, -0.25) is 0 Å². The van der Waals surface area contributed by atoms with Crippen LogP contribution in [0.1, 0.15) is 20.8 Å². The molecular formula is C34H49NO7Si. The molecule has 43 heavy (non-hydrogen) atoms. The monoisotopic (exact) mass is 611 g/mol. The van der Waals surface area contributed by atoms with Gasteiger partial charge < -0.3 is 38.6 Å². The summed E-state index contributed by atoms with van der Waals surface area (Å²) in [4.78, 5) is 0. The Labute approximate surface area is 258 Å². The van der Waals surface area contributed by atoms with E-state index >= 15 is 0 Å². The van der Waals surface area contributed by atoms with Crippen LogP contribution in [0.3, 0.4) is 0 Å². The fraction of sp³-hybridized carbons (Fsp3) is 0.471. The largest absolute Gasteiger partial charge is 0.491 e. The molecule has 0 aliphatic carbocycles. The fourth-order valence-corrected chi connectivity index (χ4v) is 9.32. The minimum atomic E-state index is -2.53. The summed E-state index contributed by atoms with van der Waals surface area (Å²) in [6.07, 6.45) is 0. The molecule has 236 valence electrons. The molecule has 0 spiro atoms. The molecule has 3 aromatic rings. The Hall–Kier alpha value is -2.76. The molecule has 2 N–H and O–H groups in total. The molecule has 0 saturated carbocycles. The van der Waals surface area contributed by atoms with Crippen molar-refractivity contribution < 1.29 is 32.8 Å². The molecule has 0 unspecified atom stereocenters. The van der Waals surface area contributed by atoms with Gasteiger partial charge in [0.1, 0.15) is 12.4 Å². The molecule has 8 nitrogen and oxygen atoms in total. The van der Waals surface area contributed by atoms with E-state index < -0.39 is 8.32 Å². The number of nitrogen functional groups attached to an aromatic ring is 1. The van der Waals surface area contributed by atoms with E-state index in [1.54, 1.807) is 0 Å². The Kier molecular flexibility index (Phi) is 15.7. The number of nitrogens with two attached hydrogens (primary N) is 1. The van der Waals surface area contributed by atoms with Gasteiger partial charge in [-0.1, -0.05) is 81.4 Å². The van der Waals surface area contributed by atoms with Crippen molar-refractivity contribution in [3.8, 4) is 5.75 Å². The Morgan fingerprint density at radius 1 is 0.488 bits per heavy atom. The number of benzene rings is 3. The zero-order valence-corrected chi connectivity index (χ0v) is 27.0. The van der Waals surface area contributed by atoms with Crippen molar-refractivity contribution in [1.29, 1.82) is 0 Å². The van der Waals surface area contributed by atoms with E-state index in [1.807, 2.05) is 24.3 Å². The maximum absolute atomic E-state index is 6.83. The summed E-state index contributed by atoms with van der Waals surface area (Å²) >= 11 is 0. The Morgan fingerprint density at radius 2 is 0.860 bits per heavy atom. The van der Waals surface area contributed by atoms with Crippen molar-refractivity contribution in [2.24, 2.45) is 0 Å². The molecule has 0 radical (unpaired) electrons. The van der Waals surface area contributed by atoms with Crippen LogP contribution in [0.2, 0.25) is 5.04 Å². The van der Waals surface area contributed by atoms with E-state index in [9.17, 15) is 0 Å². The predicted octanol–water partition coefficient (Wildman–Crippen LogP) is 4.31. The van der Waals surface area contributed by atoms with Crippen LogP contribution in [-0.2, 0) is 28.1 Å². The standard InChI is InChI=1S/C34H49NO7Si/c1-34(2,3)43(32-10-6-4-7-11-32,33-12-8-5-9-13-33)42-29-27-40-25-23-38-21-19-36-18-20-37-22-24-39-26-28-41-31-16-14-30(35)15-17-31/h4-17H,18-29,35H2,1-3H3. The first-order valence-corrected chi connectivity index (χ1v) is 17.0. The second-order valence-electron chi connectivity index (χ2n) is 11.0. The highest BCUT2D eigenvalue weighted by molar-refractivity contribution is 6.99. The maximum atomic E-state index is 6.83. The molecule has 3 rings (SSSR count). The van der Waals surface area contributed by atoms with Crippen LogP contribution in [0.15, 0.2) is 84.9 Å². The Morgan fingerprint density at radius 3 is 1.26 bits per heavy atom. The highest BCUT2D eigenvalue weighted by Gasteiger charge is 2.49. The quantitative estimate of drug-likeness (QED) is 0.102. The molecule has 9 heteroatoms. The van der Waals surface area contributed by atoms with Crippen molar-refractivity contribution in [1.82, 2.24) is 0 Å². The number of ether oxygens (including phenoxy) is 6. The van der Waals surface area contributed by atoms with E-state index in [0.717, 1.165) is 5.75 Å². The van der Waals surface area contributed by atoms with Crippen LogP contribution in [0.25, 0.3) is 0 Å². The lowest BCUT2D eigenvalue weighted by Gasteiger charge is -2.43. The fourth-order valence-electron chi connectivity index (χ4n) is 4.78. The summed E-state index contributed by atoms with van der Waals surface area (Å²) in [7, 11) is -2.53. The molecule has 0 saturated heterocycles. The van der Waals surface area contributed by atoms with Crippen LogP contribution in [0.5, 0.6) is 5.75 Å². The van der Waals surface area contributed by atoms with Gasteiger partial charge in [0.25, 0.3) is 8.32 Å². The molecule has 0 aromatic heterocycles. The summed E-state index contributed by atoms with van der Waals surface area (Å²) in [5.41, 5.74) is 6.37. The third-order valence-electron chi connectivity index (χ3n) is 6.83. The molecule has 0 amide bonds. The minimum absolute atomic E-state index is 0.0495. The average molecular weight is 612 g/mol. The predicted molar refractivity (Wildman–Crippen MR) is 174 cm³/mol. The smallest absolute Gasteiger partial charge is 0.261 e. The summed E-state index contributed by atoms with van der Waals surface area (Å²) in [5, 5.41) is 2.49. The van der Waals surface area contributed by atoms with Crippen LogP contribution >= 0.6 is 0 Å². The molecule has 0 aliphatic heterocycles. The number of hydrogen-bond donors (Lipinski definition) is 1. The molecular weight excluding hydrogens is 562 g/mol. The van der Waals surface area contributed by atoms with Crippen molar-refractivity contribution in [3.63, 3.8) is 0 Å². The van der Waals surface area contributed by atoms with Gasteiger partial charge in [-0.05, 0) is 39.7 Å². The third kappa shape index (κ3) is 12.0. The van der Waals surface area contributed by atoms with Crippen LogP contribution in [0.4, 0.5) is 5.69 Å². The average Bonchev–Trinajstić information content (AvgIpc) is 3.01. The van der Waals surface area contributed by atoms with Crippen molar-refractivity contribution >= 4 is 24.4 Å². The number of rotatable bonds is 22. The SMILES string of the molecule is CC(C)(C)[Si](OCCOCCOCCOCCOCCOCCOc1ccc(N)cc1)(c1ccccc1)c1ccccc1. The maximum Gasteiger partial charge on any atom is 0.261 e. The number of hydrogen-bond acceptors (Lipinski definition) is 8. The van der Waals surface area contributed by atoms with E-state index in [-0.39, 0.29) is 5.04 Å². The first kappa shape index (κ1) is 34.7. The topological polar surface area (TPSA) is 90.6 Å². The van der Waals surface area contributed by atoms with Crippen LogP contribution in [0, 0.1) is 0 Å². The van der Waals surface area contributed by atoms with Crippen molar-refractivity contribution in [2.45, 2.75) is 25.8 Å². The van der Waals surface area contributed by atoms with Gasteiger partial charge >= 0.3 is 0 Å². The summed E-state index contributed by atoms with van der Waals surface area (Å²) in [6, 6.07) is 28.6. The van der Waals surface area contributed by atoms with Gasteiger partial charge in [0.15, 0.2) is 0 Å². The highest BCUT2D eigenvalue weighted by atomic mass is 28.4. The first-order chi connectivity index (χ1) is 20.9. The van der Waals surface area contributed by atoms with Gasteiger partial charge in [0, 0.05) is 5.69 Å². The van der Waals surface area contributed by atoms with Crippen molar-refractivity contribution in [3.05, 3.63) is 84.9 Å². The minimum Gasteiger partial charge on any atom is -0.491 e. The second kappa shape index (κ2) is 19.5. The summed E-state index contributed by atoms with van der Waals surface area (Å²) in [6.45, 7) is 13.0. The van der Waals surface area contributed by atoms with Gasteiger partial charge in [-0.2, -0.15) is 0 Å². The summed E-state index contributed by atoms with van der Waals surface area (Å²) < 4.78 is 40.5. The van der Waals surface area contributed by atoms with Crippen molar-refractivity contribution in [2.75, 3.05) is 85.0 Å². The van der Waals surface area contributed by atoms with E-state index in [0.29, 0.717) is 85.0 Å². The molecule has 0 heterocycles. The van der Waals surface area contributed by atoms with E-state index in [1.165, 1.54) is 10.4 Å². The van der Waals surface area contributed by atoms with Gasteiger partial charge in [0.2, 0.25) is 0 Å². The molecule has 0 aliphatic rings.